The number of nitrogens with one attached hydrogen (secondary N) is 1. The summed E-state index contributed by atoms with van der Waals surface area (Å²) < 4.78 is 10.9. The monoisotopic (exact) mass is 241 g/mol. The summed E-state index contributed by atoms with van der Waals surface area (Å²) in [5, 5.41) is 3.21. The van der Waals surface area contributed by atoms with Crippen LogP contribution in [-0.4, -0.2) is 32.7 Å². The van der Waals surface area contributed by atoms with Gasteiger partial charge in [-0.25, -0.2) is 9.97 Å². The highest BCUT2D eigenvalue weighted by atomic mass is 32.2. The first-order valence-electron chi connectivity index (χ1n) is 5.57. The zero-order valence-corrected chi connectivity index (χ0v) is 10.7. The van der Waals surface area contributed by atoms with E-state index in [4.69, 9.17) is 0 Å². The minimum atomic E-state index is -0.704. The molecule has 0 spiro atoms. The maximum Gasteiger partial charge on any atom is 0.129 e. The second-order valence-corrected chi connectivity index (χ2v) is 5.26. The molecule has 4 nitrogen and oxygen atoms in total. The number of anilines is 1. The normalized spacial score (nSPS) is 12.4. The van der Waals surface area contributed by atoms with Gasteiger partial charge < -0.3 is 5.32 Å². The summed E-state index contributed by atoms with van der Waals surface area (Å²) in [6.45, 7) is 2.94. The second-order valence-electron chi connectivity index (χ2n) is 3.70. The van der Waals surface area contributed by atoms with E-state index in [1.165, 1.54) is 0 Å². The fourth-order valence-corrected chi connectivity index (χ4v) is 1.93. The molecule has 0 saturated heterocycles. The molecule has 1 unspecified atom stereocenters. The number of hydrogen-bond acceptors (Lipinski definition) is 4. The molecule has 1 N–H and O–H groups in total. The van der Waals surface area contributed by atoms with Crippen molar-refractivity contribution in [1.29, 1.82) is 0 Å². The lowest BCUT2D eigenvalue weighted by Gasteiger charge is -2.05. The smallest absolute Gasteiger partial charge is 0.129 e. The van der Waals surface area contributed by atoms with Gasteiger partial charge in [0.25, 0.3) is 0 Å². The molecule has 90 valence electrons. The summed E-state index contributed by atoms with van der Waals surface area (Å²) in [6, 6.07) is 1.98. The van der Waals surface area contributed by atoms with Crippen molar-refractivity contribution in [3.05, 3.63) is 18.1 Å². The molecule has 0 bridgehead atoms. The fourth-order valence-electron chi connectivity index (χ4n) is 1.38. The highest BCUT2D eigenvalue weighted by Crippen LogP contribution is 2.05. The molecule has 0 saturated carbocycles. The van der Waals surface area contributed by atoms with Gasteiger partial charge in [-0.05, 0) is 12.8 Å². The van der Waals surface area contributed by atoms with Crippen LogP contribution in [0.3, 0.4) is 0 Å². The number of aryl methyl sites for hydroxylation is 1. The molecule has 0 fully saturated rings. The van der Waals surface area contributed by atoms with Crippen molar-refractivity contribution in [2.75, 3.05) is 23.9 Å². The number of rotatable bonds is 7. The van der Waals surface area contributed by atoms with Crippen LogP contribution >= 0.6 is 0 Å². The molecule has 0 aliphatic rings. The van der Waals surface area contributed by atoms with Crippen LogP contribution in [0, 0.1) is 0 Å². The topological polar surface area (TPSA) is 54.9 Å². The summed E-state index contributed by atoms with van der Waals surface area (Å²) in [4.78, 5) is 8.33. The van der Waals surface area contributed by atoms with E-state index in [2.05, 4.69) is 22.2 Å². The van der Waals surface area contributed by atoms with Gasteiger partial charge in [-0.3, -0.25) is 4.21 Å². The van der Waals surface area contributed by atoms with Crippen molar-refractivity contribution in [2.45, 2.75) is 26.2 Å². The highest BCUT2D eigenvalue weighted by molar-refractivity contribution is 7.84. The fraction of sp³-hybridized carbons (Fsp3) is 0.636. The van der Waals surface area contributed by atoms with E-state index in [1.807, 2.05) is 6.07 Å². The molecule has 1 heterocycles. The van der Waals surface area contributed by atoms with Crippen LogP contribution in [0.1, 0.15) is 25.5 Å². The van der Waals surface area contributed by atoms with E-state index in [0.717, 1.165) is 43.1 Å². The van der Waals surface area contributed by atoms with Gasteiger partial charge in [-0.2, -0.15) is 0 Å². The third kappa shape index (κ3) is 5.21. The average Bonchev–Trinajstić information content (AvgIpc) is 2.25. The predicted molar refractivity (Wildman–Crippen MR) is 68.1 cm³/mol. The Morgan fingerprint density at radius 2 is 2.25 bits per heavy atom. The van der Waals surface area contributed by atoms with E-state index >= 15 is 0 Å². The third-order valence-corrected chi connectivity index (χ3v) is 3.01. The van der Waals surface area contributed by atoms with Crippen LogP contribution in [0.4, 0.5) is 5.82 Å². The molecule has 0 amide bonds. The molecule has 1 aromatic rings. The summed E-state index contributed by atoms with van der Waals surface area (Å²) >= 11 is 0. The van der Waals surface area contributed by atoms with Gasteiger partial charge in [0.15, 0.2) is 0 Å². The lowest BCUT2D eigenvalue weighted by molar-refractivity contribution is 0.685. The van der Waals surface area contributed by atoms with E-state index < -0.39 is 10.8 Å². The average molecular weight is 241 g/mol. The Morgan fingerprint density at radius 1 is 1.44 bits per heavy atom. The molecule has 0 aromatic carbocycles. The summed E-state index contributed by atoms with van der Waals surface area (Å²) in [5.74, 6) is 1.60. The Balaban J connectivity index is 2.35. The van der Waals surface area contributed by atoms with Crippen molar-refractivity contribution >= 4 is 16.6 Å². The minimum absolute atomic E-state index is 0.704. The van der Waals surface area contributed by atoms with Gasteiger partial charge in [-0.15, -0.1) is 0 Å². The first-order chi connectivity index (χ1) is 7.72. The van der Waals surface area contributed by atoms with Gasteiger partial charge in [0.05, 0.1) is 0 Å². The summed E-state index contributed by atoms with van der Waals surface area (Å²) in [5.41, 5.74) is 1.07. The highest BCUT2D eigenvalue weighted by Gasteiger charge is 1.98. The van der Waals surface area contributed by atoms with Crippen LogP contribution in [-0.2, 0) is 17.2 Å². The van der Waals surface area contributed by atoms with Crippen molar-refractivity contribution in [3.8, 4) is 0 Å². The van der Waals surface area contributed by atoms with Gasteiger partial charge in [0.1, 0.15) is 12.1 Å². The van der Waals surface area contributed by atoms with Crippen LogP contribution in [0.2, 0.25) is 0 Å². The molecular weight excluding hydrogens is 222 g/mol. The van der Waals surface area contributed by atoms with Gasteiger partial charge in [-0.1, -0.05) is 13.3 Å². The Hall–Kier alpha value is -0.970. The molecule has 5 heteroatoms. The van der Waals surface area contributed by atoms with Crippen LogP contribution < -0.4 is 5.32 Å². The quantitative estimate of drug-likeness (QED) is 0.737. The third-order valence-electron chi connectivity index (χ3n) is 2.14. The maximum atomic E-state index is 10.9. The van der Waals surface area contributed by atoms with Gasteiger partial charge >= 0.3 is 0 Å². The van der Waals surface area contributed by atoms with Gasteiger partial charge in [0, 0.05) is 41.1 Å². The first kappa shape index (κ1) is 13.1. The molecule has 0 aliphatic heterocycles. The standard InChI is InChI=1S/C11H19N3OS/c1-3-5-10-8-11(14-9-13-10)12-6-4-7-16(2)15/h8-9H,3-7H2,1-2H3,(H,12,13,14). The zero-order valence-electron chi connectivity index (χ0n) is 9.90. The Labute approximate surface area is 99.3 Å². The van der Waals surface area contributed by atoms with Gasteiger partial charge in [0.2, 0.25) is 0 Å². The molecule has 1 rings (SSSR count). The maximum absolute atomic E-state index is 10.9. The largest absolute Gasteiger partial charge is 0.370 e. The molecule has 16 heavy (non-hydrogen) atoms. The molecule has 0 aliphatic carbocycles. The minimum Gasteiger partial charge on any atom is -0.370 e. The zero-order chi connectivity index (χ0) is 11.8. The van der Waals surface area contributed by atoms with Crippen molar-refractivity contribution < 1.29 is 4.21 Å². The predicted octanol–water partition coefficient (Wildman–Crippen LogP) is 1.61. The van der Waals surface area contributed by atoms with Crippen LogP contribution in [0.15, 0.2) is 12.4 Å². The molecule has 0 radical (unpaired) electrons. The number of hydrogen-bond donors (Lipinski definition) is 1. The Kier molecular flexibility index (Phi) is 6.00. The van der Waals surface area contributed by atoms with E-state index in [1.54, 1.807) is 12.6 Å². The second kappa shape index (κ2) is 7.33. The van der Waals surface area contributed by atoms with Crippen LogP contribution in [0.25, 0.3) is 0 Å². The first-order valence-corrected chi connectivity index (χ1v) is 7.30. The van der Waals surface area contributed by atoms with Crippen LogP contribution in [0.5, 0.6) is 0 Å². The molecule has 1 aromatic heterocycles. The van der Waals surface area contributed by atoms with E-state index in [9.17, 15) is 4.21 Å². The summed E-state index contributed by atoms with van der Waals surface area (Å²) in [7, 11) is -0.704. The Morgan fingerprint density at radius 3 is 2.94 bits per heavy atom. The Bertz CT molecular complexity index is 344. The lowest BCUT2D eigenvalue weighted by atomic mass is 10.2. The van der Waals surface area contributed by atoms with E-state index in [-0.39, 0.29) is 0 Å². The SMILES string of the molecule is CCCc1cc(NCCCS(C)=O)ncn1. The lowest BCUT2D eigenvalue weighted by Crippen LogP contribution is -2.07. The van der Waals surface area contributed by atoms with E-state index in [0.29, 0.717) is 0 Å². The summed E-state index contributed by atoms with van der Waals surface area (Å²) in [6.07, 6.45) is 6.28. The van der Waals surface area contributed by atoms with Crippen molar-refractivity contribution in [3.63, 3.8) is 0 Å². The molecular formula is C11H19N3OS. The number of nitrogens with zero attached hydrogens (tertiary/aromatic N) is 2. The van der Waals surface area contributed by atoms with Crippen molar-refractivity contribution in [1.82, 2.24) is 9.97 Å². The van der Waals surface area contributed by atoms with Crippen molar-refractivity contribution in [2.24, 2.45) is 0 Å². The molecule has 1 atom stereocenters. The number of aromatic nitrogens is 2.